The van der Waals surface area contributed by atoms with Gasteiger partial charge in [-0.05, 0) is 24.1 Å². The minimum atomic E-state index is 0.900. The lowest BCUT2D eigenvalue weighted by molar-refractivity contribution is 1.55. The van der Waals surface area contributed by atoms with Crippen LogP contribution in [0.25, 0.3) is 0 Å². The first kappa shape index (κ1) is 7.59. The zero-order chi connectivity index (χ0) is 7.40. The van der Waals surface area contributed by atoms with Crippen molar-refractivity contribution in [2.24, 2.45) is 0 Å². The molecule has 0 radical (unpaired) electrons. The van der Waals surface area contributed by atoms with Gasteiger partial charge in [0.1, 0.15) is 0 Å². The number of rotatable bonds is 1. The van der Waals surface area contributed by atoms with E-state index in [-0.39, 0.29) is 0 Å². The fraction of sp³-hybridized carbons (Fsp3) is 0.222. The standard InChI is InChI=1S/C9H9Br/c1-8-3-2-4-9(7-10)6-5-8/h2-4,6H,7H2,1H3. The number of alkyl halides is 1. The molecule has 0 aliphatic heterocycles. The van der Waals surface area contributed by atoms with E-state index in [2.05, 4.69) is 27.7 Å². The number of halogens is 1. The molecule has 1 aliphatic carbocycles. The van der Waals surface area contributed by atoms with Crippen molar-refractivity contribution in [2.45, 2.75) is 6.92 Å². The van der Waals surface area contributed by atoms with E-state index in [9.17, 15) is 0 Å². The molecular formula is C9H9Br. The van der Waals surface area contributed by atoms with Crippen LogP contribution in [0.5, 0.6) is 0 Å². The van der Waals surface area contributed by atoms with Crippen LogP contribution in [0, 0.1) is 0 Å². The van der Waals surface area contributed by atoms with E-state index in [0.29, 0.717) is 0 Å². The van der Waals surface area contributed by atoms with Crippen molar-refractivity contribution in [3.63, 3.8) is 0 Å². The van der Waals surface area contributed by atoms with Crippen LogP contribution >= 0.6 is 15.9 Å². The summed E-state index contributed by atoms with van der Waals surface area (Å²) in [7, 11) is 0. The van der Waals surface area contributed by atoms with Crippen molar-refractivity contribution >= 4 is 15.9 Å². The molecule has 0 unspecified atom stereocenters. The smallest absolute Gasteiger partial charge is 0.0289 e. The summed E-state index contributed by atoms with van der Waals surface area (Å²) in [5.41, 5.74) is 5.58. The van der Waals surface area contributed by atoms with Crippen LogP contribution in [0.1, 0.15) is 6.92 Å². The molecule has 0 saturated carbocycles. The number of hydrogen-bond acceptors (Lipinski definition) is 0. The summed E-state index contributed by atoms with van der Waals surface area (Å²) in [5, 5.41) is 0.900. The Morgan fingerprint density at radius 2 is 2.40 bits per heavy atom. The Kier molecular flexibility index (Phi) is 2.73. The van der Waals surface area contributed by atoms with Gasteiger partial charge in [0.2, 0.25) is 0 Å². The normalized spacial score (nSPS) is 16.2. The van der Waals surface area contributed by atoms with Crippen molar-refractivity contribution in [1.82, 2.24) is 0 Å². The average molecular weight is 197 g/mol. The van der Waals surface area contributed by atoms with Crippen LogP contribution in [0.2, 0.25) is 0 Å². The van der Waals surface area contributed by atoms with Gasteiger partial charge in [0, 0.05) is 5.33 Å². The molecule has 0 amide bonds. The van der Waals surface area contributed by atoms with Gasteiger partial charge >= 0.3 is 0 Å². The van der Waals surface area contributed by atoms with Crippen LogP contribution in [-0.4, -0.2) is 5.33 Å². The molecule has 0 bridgehead atoms. The molecule has 0 N–H and O–H groups in total. The molecule has 0 atom stereocenters. The predicted octanol–water partition coefficient (Wildman–Crippen LogP) is 2.98. The molecule has 1 rings (SSSR count). The summed E-state index contributed by atoms with van der Waals surface area (Å²) >= 11 is 3.38. The second kappa shape index (κ2) is 3.60. The molecule has 52 valence electrons. The van der Waals surface area contributed by atoms with Gasteiger partial charge in [-0.15, -0.1) is 5.73 Å². The molecule has 0 aromatic carbocycles. The first-order chi connectivity index (χ1) is 4.83. The van der Waals surface area contributed by atoms with Crippen LogP contribution in [0.4, 0.5) is 0 Å². The highest BCUT2D eigenvalue weighted by molar-refractivity contribution is 9.09. The molecule has 1 aliphatic rings. The molecule has 10 heavy (non-hydrogen) atoms. The third-order valence-electron chi connectivity index (χ3n) is 1.30. The SMILES string of the molecule is CC1=C=CC(CBr)=CC=C1. The van der Waals surface area contributed by atoms with Gasteiger partial charge in [0.25, 0.3) is 0 Å². The van der Waals surface area contributed by atoms with Crippen molar-refractivity contribution in [2.75, 3.05) is 5.33 Å². The fourth-order valence-corrected chi connectivity index (χ4v) is 1.05. The summed E-state index contributed by atoms with van der Waals surface area (Å²) in [6.07, 6.45) is 8.18. The monoisotopic (exact) mass is 196 g/mol. The highest BCUT2D eigenvalue weighted by Gasteiger charge is 1.88. The number of allylic oxidation sites excluding steroid dienone is 5. The minimum absolute atomic E-state index is 0.900. The van der Waals surface area contributed by atoms with E-state index in [1.165, 1.54) is 11.1 Å². The third kappa shape index (κ3) is 2.02. The maximum atomic E-state index is 3.38. The lowest BCUT2D eigenvalue weighted by Gasteiger charge is -1.86. The van der Waals surface area contributed by atoms with Crippen LogP contribution < -0.4 is 0 Å². The van der Waals surface area contributed by atoms with Crippen LogP contribution in [0.3, 0.4) is 0 Å². The molecule has 0 saturated heterocycles. The summed E-state index contributed by atoms with van der Waals surface area (Å²) in [5.74, 6) is 0. The topological polar surface area (TPSA) is 0 Å². The molecule has 0 heterocycles. The van der Waals surface area contributed by atoms with Gasteiger partial charge < -0.3 is 0 Å². The van der Waals surface area contributed by atoms with Gasteiger partial charge in [0.05, 0.1) is 0 Å². The lowest BCUT2D eigenvalue weighted by atomic mass is 10.3. The Bertz CT molecular complexity index is 237. The molecule has 0 aromatic heterocycles. The second-order valence-electron chi connectivity index (χ2n) is 2.21. The lowest BCUT2D eigenvalue weighted by Crippen LogP contribution is -1.73. The summed E-state index contributed by atoms with van der Waals surface area (Å²) in [6.45, 7) is 2.04. The zero-order valence-electron chi connectivity index (χ0n) is 5.89. The van der Waals surface area contributed by atoms with E-state index < -0.39 is 0 Å². The van der Waals surface area contributed by atoms with E-state index >= 15 is 0 Å². The Balaban J connectivity index is 2.91. The van der Waals surface area contributed by atoms with E-state index in [0.717, 1.165) is 5.33 Å². The zero-order valence-corrected chi connectivity index (χ0v) is 7.48. The summed E-state index contributed by atoms with van der Waals surface area (Å²) in [6, 6.07) is 0. The van der Waals surface area contributed by atoms with Gasteiger partial charge in [-0.1, -0.05) is 34.2 Å². The van der Waals surface area contributed by atoms with Crippen LogP contribution in [0.15, 0.2) is 41.2 Å². The van der Waals surface area contributed by atoms with Gasteiger partial charge in [0.15, 0.2) is 0 Å². The Labute approximate surface area is 69.8 Å². The highest BCUT2D eigenvalue weighted by atomic mass is 79.9. The maximum Gasteiger partial charge on any atom is 0.0289 e. The van der Waals surface area contributed by atoms with E-state index in [1.54, 1.807) is 0 Å². The molecule has 0 nitrogen and oxygen atoms in total. The van der Waals surface area contributed by atoms with Crippen molar-refractivity contribution < 1.29 is 0 Å². The van der Waals surface area contributed by atoms with E-state index in [1.807, 2.05) is 25.2 Å². The average Bonchev–Trinajstić information content (AvgIpc) is 2.14. The van der Waals surface area contributed by atoms with Crippen molar-refractivity contribution in [3.8, 4) is 0 Å². The largest absolute Gasteiger partial charge is 0.117 e. The molecule has 1 heteroatoms. The second-order valence-corrected chi connectivity index (χ2v) is 2.77. The van der Waals surface area contributed by atoms with Gasteiger partial charge in [-0.25, -0.2) is 0 Å². The Morgan fingerprint density at radius 1 is 1.60 bits per heavy atom. The van der Waals surface area contributed by atoms with E-state index in [4.69, 9.17) is 0 Å². The quantitative estimate of drug-likeness (QED) is 0.447. The minimum Gasteiger partial charge on any atom is -0.117 e. The summed E-state index contributed by atoms with van der Waals surface area (Å²) < 4.78 is 0. The van der Waals surface area contributed by atoms with Crippen molar-refractivity contribution in [3.05, 3.63) is 41.2 Å². The molecule has 0 spiro atoms. The third-order valence-corrected chi connectivity index (χ3v) is 1.94. The van der Waals surface area contributed by atoms with Gasteiger partial charge in [-0.3, -0.25) is 0 Å². The molecular weight excluding hydrogens is 188 g/mol. The fourth-order valence-electron chi connectivity index (χ4n) is 0.702. The molecule has 0 aromatic rings. The highest BCUT2D eigenvalue weighted by Crippen LogP contribution is 2.06. The summed E-state index contributed by atoms with van der Waals surface area (Å²) in [4.78, 5) is 0. The first-order valence-corrected chi connectivity index (χ1v) is 4.31. The number of hydrogen-bond donors (Lipinski definition) is 0. The molecule has 0 fully saturated rings. The van der Waals surface area contributed by atoms with Crippen molar-refractivity contribution in [1.29, 1.82) is 0 Å². The predicted molar refractivity (Wildman–Crippen MR) is 48.3 cm³/mol. The first-order valence-electron chi connectivity index (χ1n) is 3.19. The Hall–Kier alpha value is -0.520. The van der Waals surface area contributed by atoms with Gasteiger partial charge in [-0.2, -0.15) is 0 Å². The maximum absolute atomic E-state index is 3.38. The Morgan fingerprint density at radius 3 is 3.10 bits per heavy atom. The van der Waals surface area contributed by atoms with Crippen LogP contribution in [-0.2, 0) is 0 Å².